The minimum absolute atomic E-state index is 0.163. The van der Waals surface area contributed by atoms with Crippen LogP contribution in [0.1, 0.15) is 30.5 Å². The molecule has 0 aromatic heterocycles. The fourth-order valence-electron chi connectivity index (χ4n) is 3.97. The Morgan fingerprint density at radius 1 is 0.976 bits per heavy atom. The first-order valence-electron chi connectivity index (χ1n) is 12.4. The molecule has 0 saturated carbocycles. The molecule has 1 N–H and O–H groups in total. The van der Waals surface area contributed by atoms with Gasteiger partial charge in [0.05, 0.1) is 21.2 Å². The molecule has 0 aliphatic carbocycles. The van der Waals surface area contributed by atoms with Gasteiger partial charge in [-0.3, -0.25) is 13.9 Å². The lowest BCUT2D eigenvalue weighted by Gasteiger charge is -2.32. The molecule has 220 valence electrons. The predicted molar refractivity (Wildman–Crippen MR) is 152 cm³/mol. The van der Waals surface area contributed by atoms with Crippen molar-refractivity contribution in [1.82, 2.24) is 10.2 Å². The second kappa shape index (κ2) is 13.1. The average molecular weight is 631 g/mol. The molecule has 0 saturated heterocycles. The fourth-order valence-corrected chi connectivity index (χ4v) is 5.79. The highest BCUT2D eigenvalue weighted by Crippen LogP contribution is 2.38. The van der Waals surface area contributed by atoms with Gasteiger partial charge in [-0.05, 0) is 62.7 Å². The summed E-state index contributed by atoms with van der Waals surface area (Å²) >= 11 is 12.1. The van der Waals surface area contributed by atoms with Crippen molar-refractivity contribution < 1.29 is 31.2 Å². The van der Waals surface area contributed by atoms with E-state index < -0.39 is 56.9 Å². The van der Waals surface area contributed by atoms with Crippen LogP contribution in [0.15, 0.2) is 71.6 Å². The van der Waals surface area contributed by atoms with Crippen molar-refractivity contribution in [3.8, 4) is 0 Å². The van der Waals surface area contributed by atoms with E-state index in [1.165, 1.54) is 31.2 Å². The zero-order chi connectivity index (χ0) is 30.5. The third kappa shape index (κ3) is 7.72. The van der Waals surface area contributed by atoms with Gasteiger partial charge in [0.25, 0.3) is 10.0 Å². The normalized spacial score (nSPS) is 12.5. The van der Waals surface area contributed by atoms with Crippen molar-refractivity contribution in [2.45, 2.75) is 44.4 Å². The molecule has 0 aliphatic rings. The summed E-state index contributed by atoms with van der Waals surface area (Å²) in [6.45, 7) is 4.09. The molecule has 3 aromatic carbocycles. The van der Waals surface area contributed by atoms with Gasteiger partial charge in [0.15, 0.2) is 0 Å². The molecule has 0 bridgehead atoms. The van der Waals surface area contributed by atoms with Crippen molar-refractivity contribution in [3.05, 3.63) is 93.5 Å². The Morgan fingerprint density at radius 3 is 2.20 bits per heavy atom. The maximum atomic E-state index is 13.8. The fraction of sp³-hybridized carbons (Fsp3) is 0.286. The van der Waals surface area contributed by atoms with Crippen molar-refractivity contribution >= 4 is 50.7 Å². The van der Waals surface area contributed by atoms with Crippen LogP contribution < -0.4 is 9.62 Å². The number of benzene rings is 3. The number of amides is 2. The highest BCUT2D eigenvalue weighted by Gasteiger charge is 2.37. The van der Waals surface area contributed by atoms with Crippen LogP contribution in [0.3, 0.4) is 0 Å². The van der Waals surface area contributed by atoms with Crippen LogP contribution in [0.25, 0.3) is 0 Å². The van der Waals surface area contributed by atoms with E-state index in [9.17, 15) is 31.2 Å². The number of hydrogen-bond donors (Lipinski definition) is 1. The Hall–Kier alpha value is -3.28. The van der Waals surface area contributed by atoms with Gasteiger partial charge in [-0.15, -0.1) is 0 Å². The van der Waals surface area contributed by atoms with Crippen LogP contribution in [-0.2, 0) is 32.3 Å². The third-order valence-corrected chi connectivity index (χ3v) is 8.73. The number of sulfonamides is 1. The van der Waals surface area contributed by atoms with E-state index in [0.29, 0.717) is 21.0 Å². The van der Waals surface area contributed by atoms with Crippen molar-refractivity contribution in [2.75, 3.05) is 17.4 Å². The van der Waals surface area contributed by atoms with E-state index in [4.69, 9.17) is 23.2 Å². The van der Waals surface area contributed by atoms with E-state index in [1.807, 2.05) is 0 Å². The average Bonchev–Trinajstić information content (AvgIpc) is 2.91. The topological polar surface area (TPSA) is 86.8 Å². The number of hydrogen-bond acceptors (Lipinski definition) is 4. The van der Waals surface area contributed by atoms with Crippen LogP contribution in [-0.4, -0.2) is 44.3 Å². The van der Waals surface area contributed by atoms with Crippen molar-refractivity contribution in [2.24, 2.45) is 0 Å². The molecule has 0 radical (unpaired) electrons. The highest BCUT2D eigenvalue weighted by atomic mass is 35.5. The van der Waals surface area contributed by atoms with Crippen LogP contribution in [0, 0.1) is 6.92 Å². The number of anilines is 1. The SMILES string of the molecule is CCNC(=O)[C@@H](C)N(Cc1ccccc1Cl)C(=O)CN(c1ccc(Cl)c(C(F)(F)F)c1)S(=O)(=O)c1ccc(C)cc1. The third-order valence-electron chi connectivity index (χ3n) is 6.25. The quantitative estimate of drug-likeness (QED) is 0.295. The summed E-state index contributed by atoms with van der Waals surface area (Å²) in [7, 11) is -4.56. The molecule has 0 unspecified atom stereocenters. The highest BCUT2D eigenvalue weighted by molar-refractivity contribution is 7.92. The molecule has 0 heterocycles. The van der Waals surface area contributed by atoms with E-state index in [1.54, 1.807) is 38.1 Å². The van der Waals surface area contributed by atoms with Crippen LogP contribution in [0.5, 0.6) is 0 Å². The van der Waals surface area contributed by atoms with Gasteiger partial charge < -0.3 is 10.2 Å². The number of halogens is 5. The molecule has 13 heteroatoms. The van der Waals surface area contributed by atoms with Gasteiger partial charge in [-0.25, -0.2) is 8.42 Å². The van der Waals surface area contributed by atoms with Crippen LogP contribution in [0.2, 0.25) is 10.0 Å². The van der Waals surface area contributed by atoms with Gasteiger partial charge in [-0.1, -0.05) is 59.1 Å². The van der Waals surface area contributed by atoms with Gasteiger partial charge >= 0.3 is 6.18 Å². The molecule has 3 aromatic rings. The summed E-state index contributed by atoms with van der Waals surface area (Å²) in [5.74, 6) is -1.35. The second-order valence-electron chi connectivity index (χ2n) is 9.17. The lowest BCUT2D eigenvalue weighted by Crippen LogP contribution is -2.51. The zero-order valence-electron chi connectivity index (χ0n) is 22.4. The Balaban J connectivity index is 2.14. The molecular formula is C28H28Cl2F3N3O4S. The largest absolute Gasteiger partial charge is 0.417 e. The van der Waals surface area contributed by atoms with Crippen molar-refractivity contribution in [1.29, 1.82) is 0 Å². The van der Waals surface area contributed by atoms with Crippen molar-refractivity contribution in [3.63, 3.8) is 0 Å². The number of alkyl halides is 3. The summed E-state index contributed by atoms with van der Waals surface area (Å²) in [6.07, 6.45) is -4.89. The standard InChI is InChI=1S/C28H28Cl2F3N3O4S/c1-4-34-27(38)19(3)35(16-20-7-5-6-8-24(20)29)26(37)17-36(41(39,40)22-12-9-18(2)10-13-22)21-11-14-25(30)23(15-21)28(31,32)33/h5-15,19H,4,16-17H2,1-3H3,(H,34,38)/t19-/m1/s1. The number of aryl methyl sites for hydroxylation is 1. The summed E-state index contributed by atoms with van der Waals surface area (Å²) < 4.78 is 69.3. The first kappa shape index (κ1) is 32.2. The number of likely N-dealkylation sites (N-methyl/N-ethyl adjacent to an activating group) is 1. The van der Waals surface area contributed by atoms with E-state index in [2.05, 4.69) is 5.32 Å². The number of nitrogens with one attached hydrogen (secondary N) is 1. The maximum Gasteiger partial charge on any atom is 0.417 e. The molecule has 2 amide bonds. The molecule has 0 fully saturated rings. The molecule has 7 nitrogen and oxygen atoms in total. The number of carbonyl (C=O) groups excluding carboxylic acids is 2. The summed E-state index contributed by atoms with van der Waals surface area (Å²) in [4.78, 5) is 27.5. The predicted octanol–water partition coefficient (Wildman–Crippen LogP) is 6.07. The Labute approximate surface area is 246 Å². The minimum atomic E-state index is -4.89. The first-order chi connectivity index (χ1) is 19.2. The van der Waals surface area contributed by atoms with E-state index >= 15 is 0 Å². The van der Waals surface area contributed by atoms with Gasteiger partial charge in [0.2, 0.25) is 11.8 Å². The monoisotopic (exact) mass is 629 g/mol. The van der Waals surface area contributed by atoms with Crippen LogP contribution >= 0.6 is 23.2 Å². The second-order valence-corrected chi connectivity index (χ2v) is 11.8. The lowest BCUT2D eigenvalue weighted by molar-refractivity contribution is -0.139. The summed E-state index contributed by atoms with van der Waals surface area (Å²) in [5.41, 5.74) is -0.465. The van der Waals surface area contributed by atoms with Gasteiger partial charge in [0.1, 0.15) is 12.6 Å². The lowest BCUT2D eigenvalue weighted by atomic mass is 10.1. The minimum Gasteiger partial charge on any atom is -0.355 e. The zero-order valence-corrected chi connectivity index (χ0v) is 24.7. The molecular weight excluding hydrogens is 602 g/mol. The van der Waals surface area contributed by atoms with E-state index in [-0.39, 0.29) is 18.0 Å². The summed E-state index contributed by atoms with van der Waals surface area (Å²) in [5, 5.41) is 2.30. The van der Waals surface area contributed by atoms with Gasteiger partial charge in [0, 0.05) is 18.1 Å². The smallest absolute Gasteiger partial charge is 0.355 e. The Kier molecular flexibility index (Phi) is 10.3. The summed E-state index contributed by atoms with van der Waals surface area (Å²) in [6, 6.07) is 13.7. The first-order valence-corrected chi connectivity index (χ1v) is 14.6. The number of rotatable bonds is 10. The maximum absolute atomic E-state index is 13.8. The van der Waals surface area contributed by atoms with Crippen LogP contribution in [0.4, 0.5) is 18.9 Å². The molecule has 3 rings (SSSR count). The molecule has 0 aliphatic heterocycles. The molecule has 0 spiro atoms. The Morgan fingerprint density at radius 2 is 1.61 bits per heavy atom. The van der Waals surface area contributed by atoms with Gasteiger partial charge in [-0.2, -0.15) is 13.2 Å². The Bertz CT molecular complexity index is 1520. The number of nitrogens with zero attached hydrogens (tertiary/aromatic N) is 2. The molecule has 41 heavy (non-hydrogen) atoms. The number of carbonyl (C=O) groups is 2. The van der Waals surface area contributed by atoms with E-state index in [0.717, 1.165) is 22.6 Å². The molecule has 1 atom stereocenters.